The highest BCUT2D eigenvalue weighted by Crippen LogP contribution is 2.21. The fraction of sp³-hybridized carbons (Fsp3) is 0.778. The Labute approximate surface area is 179 Å². The fourth-order valence-corrected chi connectivity index (χ4v) is 5.13. The topological polar surface area (TPSA) is 0 Å². The standard InChI is InChI=1S/C27H49P/c1-26(2)21-17-14-12-10-8-6-4-3-5-7-9-11-13-15-20-24-28-25-27-22-18-16-19-23-27/h16,18-19,22-23,26,28H,3-15,17,20-21,24-25H2,1-2H3. The number of rotatable bonds is 20. The van der Waals surface area contributed by atoms with Crippen molar-refractivity contribution >= 4 is 8.58 Å². The van der Waals surface area contributed by atoms with E-state index in [-0.39, 0.29) is 0 Å². The Balaban J connectivity index is 1.68. The van der Waals surface area contributed by atoms with Gasteiger partial charge in [0.2, 0.25) is 0 Å². The second kappa shape index (κ2) is 19.9. The van der Waals surface area contributed by atoms with Gasteiger partial charge in [-0.3, -0.25) is 0 Å². The van der Waals surface area contributed by atoms with Gasteiger partial charge in [-0.25, -0.2) is 0 Å². The van der Waals surface area contributed by atoms with E-state index in [1.54, 1.807) is 0 Å². The normalized spacial score (nSPS) is 11.8. The van der Waals surface area contributed by atoms with E-state index in [0.29, 0.717) is 0 Å². The molecule has 0 amide bonds. The Hall–Kier alpha value is -0.350. The van der Waals surface area contributed by atoms with Crippen molar-refractivity contribution in [2.75, 3.05) is 6.16 Å². The van der Waals surface area contributed by atoms with Crippen molar-refractivity contribution in [2.24, 2.45) is 5.92 Å². The summed E-state index contributed by atoms with van der Waals surface area (Å²) in [7, 11) is 1.12. The first-order chi connectivity index (χ1) is 13.8. The number of benzene rings is 1. The third-order valence-corrected chi connectivity index (χ3v) is 7.17. The van der Waals surface area contributed by atoms with Gasteiger partial charge in [-0.15, -0.1) is 8.58 Å². The summed E-state index contributed by atoms with van der Waals surface area (Å²) in [4.78, 5) is 0. The van der Waals surface area contributed by atoms with Crippen LogP contribution in [0.2, 0.25) is 0 Å². The fourth-order valence-electron chi connectivity index (χ4n) is 3.93. The van der Waals surface area contributed by atoms with Crippen molar-refractivity contribution in [2.45, 2.75) is 123 Å². The van der Waals surface area contributed by atoms with Crippen LogP contribution in [0, 0.1) is 5.92 Å². The zero-order chi connectivity index (χ0) is 20.1. The molecule has 0 aromatic heterocycles. The molecule has 1 aromatic carbocycles. The number of hydrogen-bond donors (Lipinski definition) is 0. The van der Waals surface area contributed by atoms with Crippen LogP contribution in [0.5, 0.6) is 0 Å². The molecule has 0 aliphatic carbocycles. The van der Waals surface area contributed by atoms with Crippen molar-refractivity contribution in [1.82, 2.24) is 0 Å². The molecule has 0 nitrogen and oxygen atoms in total. The quantitative estimate of drug-likeness (QED) is 0.150. The van der Waals surface area contributed by atoms with Gasteiger partial charge in [-0.1, -0.05) is 140 Å². The molecule has 1 unspecified atom stereocenters. The predicted octanol–water partition coefficient (Wildman–Crippen LogP) is 9.76. The second-order valence-electron chi connectivity index (χ2n) is 9.15. The average Bonchev–Trinajstić information content (AvgIpc) is 2.70. The highest BCUT2D eigenvalue weighted by molar-refractivity contribution is 7.37. The summed E-state index contributed by atoms with van der Waals surface area (Å²) in [5, 5.41) is 0. The zero-order valence-electron chi connectivity index (χ0n) is 19.2. The Bertz CT molecular complexity index is 412. The maximum absolute atomic E-state index is 2.34. The van der Waals surface area contributed by atoms with E-state index in [0.717, 1.165) is 14.5 Å². The molecule has 28 heavy (non-hydrogen) atoms. The van der Waals surface area contributed by atoms with Crippen LogP contribution in [-0.2, 0) is 6.16 Å². The highest BCUT2D eigenvalue weighted by Gasteiger charge is 1.97. The molecule has 0 saturated heterocycles. The van der Waals surface area contributed by atoms with Gasteiger partial charge in [0, 0.05) is 0 Å². The van der Waals surface area contributed by atoms with Gasteiger partial charge in [0.1, 0.15) is 0 Å². The van der Waals surface area contributed by atoms with E-state index >= 15 is 0 Å². The average molecular weight is 405 g/mol. The van der Waals surface area contributed by atoms with Crippen LogP contribution in [0.4, 0.5) is 0 Å². The minimum Gasteiger partial charge on any atom is -0.118 e. The monoisotopic (exact) mass is 404 g/mol. The van der Waals surface area contributed by atoms with Gasteiger partial charge in [-0.05, 0) is 30.2 Å². The third kappa shape index (κ3) is 17.7. The van der Waals surface area contributed by atoms with E-state index in [2.05, 4.69) is 44.2 Å². The molecule has 1 aromatic rings. The largest absolute Gasteiger partial charge is 0.118 e. The minimum absolute atomic E-state index is 0.894. The van der Waals surface area contributed by atoms with Crippen molar-refractivity contribution < 1.29 is 0 Å². The predicted molar refractivity (Wildman–Crippen MR) is 132 cm³/mol. The van der Waals surface area contributed by atoms with Gasteiger partial charge in [0.05, 0.1) is 0 Å². The highest BCUT2D eigenvalue weighted by atomic mass is 31.1. The van der Waals surface area contributed by atoms with E-state index in [4.69, 9.17) is 0 Å². The van der Waals surface area contributed by atoms with Crippen molar-refractivity contribution in [3.8, 4) is 0 Å². The molecule has 1 heteroatoms. The lowest BCUT2D eigenvalue weighted by Crippen LogP contribution is -1.87. The maximum atomic E-state index is 2.34. The van der Waals surface area contributed by atoms with Crippen LogP contribution in [-0.4, -0.2) is 6.16 Å². The van der Waals surface area contributed by atoms with Crippen LogP contribution in [0.3, 0.4) is 0 Å². The lowest BCUT2D eigenvalue weighted by Gasteiger charge is -2.05. The van der Waals surface area contributed by atoms with E-state index < -0.39 is 0 Å². The SMILES string of the molecule is CC(C)CCCCCCCCCCCCCCCCCPCc1ccccc1. The summed E-state index contributed by atoms with van der Waals surface area (Å²) in [5.74, 6) is 0.894. The van der Waals surface area contributed by atoms with E-state index in [1.807, 2.05) is 0 Å². The summed E-state index contributed by atoms with van der Waals surface area (Å²) < 4.78 is 0. The lowest BCUT2D eigenvalue weighted by atomic mass is 10.0. The number of unbranched alkanes of at least 4 members (excludes halogenated alkanes) is 14. The molecule has 0 fully saturated rings. The molecular weight excluding hydrogens is 355 g/mol. The Morgan fingerprint density at radius 2 is 1.00 bits per heavy atom. The Morgan fingerprint density at radius 1 is 0.571 bits per heavy atom. The number of hydrogen-bond acceptors (Lipinski definition) is 0. The molecule has 0 N–H and O–H groups in total. The summed E-state index contributed by atoms with van der Waals surface area (Å²) in [6.45, 7) is 4.68. The maximum Gasteiger partial charge on any atom is -0.0101 e. The van der Waals surface area contributed by atoms with E-state index in [1.165, 1.54) is 121 Å². The minimum atomic E-state index is 0.894. The van der Waals surface area contributed by atoms with Crippen LogP contribution in [0.1, 0.15) is 122 Å². The first-order valence-corrected chi connectivity index (χ1v) is 13.9. The summed E-state index contributed by atoms with van der Waals surface area (Å²) in [6.07, 6.45) is 26.2. The Morgan fingerprint density at radius 3 is 1.46 bits per heavy atom. The molecule has 1 rings (SSSR count). The molecule has 0 spiro atoms. The molecular formula is C27H49P. The van der Waals surface area contributed by atoms with Crippen LogP contribution in [0.25, 0.3) is 0 Å². The molecule has 0 heterocycles. The first-order valence-electron chi connectivity index (χ1n) is 12.5. The lowest BCUT2D eigenvalue weighted by molar-refractivity contribution is 0.502. The second-order valence-corrected chi connectivity index (χ2v) is 10.5. The smallest absolute Gasteiger partial charge is 0.0101 e. The van der Waals surface area contributed by atoms with Crippen molar-refractivity contribution in [3.63, 3.8) is 0 Å². The molecule has 0 bridgehead atoms. The summed E-state index contributed by atoms with van der Waals surface area (Å²) >= 11 is 0. The van der Waals surface area contributed by atoms with Gasteiger partial charge >= 0.3 is 0 Å². The Kier molecular flexibility index (Phi) is 18.3. The molecule has 0 aliphatic heterocycles. The zero-order valence-corrected chi connectivity index (χ0v) is 20.2. The van der Waals surface area contributed by atoms with Gasteiger partial charge in [0.15, 0.2) is 0 Å². The third-order valence-electron chi connectivity index (χ3n) is 5.81. The van der Waals surface area contributed by atoms with Crippen molar-refractivity contribution in [3.05, 3.63) is 35.9 Å². The van der Waals surface area contributed by atoms with Crippen molar-refractivity contribution in [1.29, 1.82) is 0 Å². The summed E-state index contributed by atoms with van der Waals surface area (Å²) in [6, 6.07) is 11.0. The van der Waals surface area contributed by atoms with Gasteiger partial charge < -0.3 is 0 Å². The van der Waals surface area contributed by atoms with Crippen LogP contribution < -0.4 is 0 Å². The van der Waals surface area contributed by atoms with Gasteiger partial charge in [0.25, 0.3) is 0 Å². The van der Waals surface area contributed by atoms with Crippen LogP contribution >= 0.6 is 8.58 Å². The summed E-state index contributed by atoms with van der Waals surface area (Å²) in [5.41, 5.74) is 1.52. The molecule has 0 saturated carbocycles. The molecule has 0 aliphatic rings. The van der Waals surface area contributed by atoms with E-state index in [9.17, 15) is 0 Å². The molecule has 162 valence electrons. The molecule has 0 radical (unpaired) electrons. The van der Waals surface area contributed by atoms with Gasteiger partial charge in [-0.2, -0.15) is 0 Å². The van der Waals surface area contributed by atoms with Crippen LogP contribution in [0.15, 0.2) is 30.3 Å². The molecule has 1 atom stereocenters. The first kappa shape index (κ1) is 25.7.